The number of thiocarbonyl (C=S) groups is 1. The molecule has 0 bridgehead atoms. The van der Waals surface area contributed by atoms with E-state index >= 15 is 0 Å². The van der Waals surface area contributed by atoms with Gasteiger partial charge in [-0.2, -0.15) is 0 Å². The Kier molecular flexibility index (Phi) is 8.24. The number of ether oxygens (including phenoxy) is 3. The van der Waals surface area contributed by atoms with Crippen LogP contribution < -0.4 is 20.1 Å². The Morgan fingerprint density at radius 2 is 1.91 bits per heavy atom. The van der Waals surface area contributed by atoms with Crippen molar-refractivity contribution in [1.82, 2.24) is 5.32 Å². The van der Waals surface area contributed by atoms with Gasteiger partial charge in [0.05, 0.1) is 26.4 Å². The molecule has 32 heavy (non-hydrogen) atoms. The number of hydrogen-bond donors (Lipinski definition) is 2. The van der Waals surface area contributed by atoms with Crippen molar-refractivity contribution in [2.45, 2.75) is 32.6 Å². The lowest BCUT2D eigenvalue weighted by Crippen LogP contribution is -2.33. The summed E-state index contributed by atoms with van der Waals surface area (Å²) >= 11 is 6.80. The zero-order valence-electron chi connectivity index (χ0n) is 18.3. The van der Waals surface area contributed by atoms with Crippen LogP contribution in [0.4, 0.5) is 5.00 Å². The number of hydrogen-bond acceptors (Lipinski definition) is 7. The second-order valence-electron chi connectivity index (χ2n) is 7.03. The third-order valence-electron chi connectivity index (χ3n) is 4.95. The molecule has 2 N–H and O–H groups in total. The van der Waals surface area contributed by atoms with Crippen molar-refractivity contribution in [1.29, 1.82) is 0 Å². The monoisotopic (exact) mass is 474 g/mol. The van der Waals surface area contributed by atoms with E-state index in [2.05, 4.69) is 10.6 Å². The number of methoxy groups -OCH3 is 2. The molecule has 0 saturated heterocycles. The number of thiophene rings is 1. The van der Waals surface area contributed by atoms with Crippen LogP contribution in [-0.2, 0) is 22.4 Å². The molecule has 0 spiro atoms. The summed E-state index contributed by atoms with van der Waals surface area (Å²) in [6.07, 6.45) is 6.93. The molecule has 1 aliphatic carbocycles. The van der Waals surface area contributed by atoms with Crippen LogP contribution in [0, 0.1) is 0 Å². The SMILES string of the molecule is CCOC(=O)c1c(NC(=S)NC(=O)C=Cc2ccc(OC)c(OC)c2)sc2c1CCCC2. The van der Waals surface area contributed by atoms with Crippen molar-refractivity contribution in [3.05, 3.63) is 45.8 Å². The van der Waals surface area contributed by atoms with Gasteiger partial charge in [-0.15, -0.1) is 11.3 Å². The number of benzene rings is 1. The summed E-state index contributed by atoms with van der Waals surface area (Å²) in [5, 5.41) is 6.37. The van der Waals surface area contributed by atoms with Crippen molar-refractivity contribution in [2.24, 2.45) is 0 Å². The number of rotatable bonds is 7. The van der Waals surface area contributed by atoms with E-state index in [0.29, 0.717) is 28.7 Å². The molecule has 0 fully saturated rings. The van der Waals surface area contributed by atoms with Gasteiger partial charge < -0.3 is 19.5 Å². The first-order chi connectivity index (χ1) is 15.5. The van der Waals surface area contributed by atoms with E-state index in [1.807, 2.05) is 6.07 Å². The maximum absolute atomic E-state index is 12.5. The molecule has 1 amide bonds. The van der Waals surface area contributed by atoms with Crippen molar-refractivity contribution in [3.63, 3.8) is 0 Å². The fourth-order valence-electron chi connectivity index (χ4n) is 3.49. The molecular weight excluding hydrogens is 448 g/mol. The summed E-state index contributed by atoms with van der Waals surface area (Å²) in [7, 11) is 3.11. The third kappa shape index (κ3) is 5.66. The van der Waals surface area contributed by atoms with E-state index in [0.717, 1.165) is 36.8 Å². The maximum Gasteiger partial charge on any atom is 0.341 e. The van der Waals surface area contributed by atoms with Crippen LogP contribution in [0.3, 0.4) is 0 Å². The lowest BCUT2D eigenvalue weighted by atomic mass is 9.95. The van der Waals surface area contributed by atoms with E-state index < -0.39 is 5.91 Å². The Morgan fingerprint density at radius 1 is 1.16 bits per heavy atom. The highest BCUT2D eigenvalue weighted by Gasteiger charge is 2.26. The number of carbonyl (C=O) groups excluding carboxylic acids is 2. The van der Waals surface area contributed by atoms with Crippen LogP contribution in [0.2, 0.25) is 0 Å². The fraction of sp³-hybridized carbons (Fsp3) is 0.348. The van der Waals surface area contributed by atoms with Crippen molar-refractivity contribution < 1.29 is 23.8 Å². The van der Waals surface area contributed by atoms with Gasteiger partial charge in [0.2, 0.25) is 5.91 Å². The van der Waals surface area contributed by atoms with E-state index in [-0.39, 0.29) is 11.1 Å². The number of amides is 1. The molecular formula is C23H26N2O5S2. The quantitative estimate of drug-likeness (QED) is 0.351. The van der Waals surface area contributed by atoms with Gasteiger partial charge in [0.15, 0.2) is 16.6 Å². The highest BCUT2D eigenvalue weighted by atomic mass is 32.1. The van der Waals surface area contributed by atoms with Crippen LogP contribution in [0.25, 0.3) is 6.08 Å². The second kappa shape index (κ2) is 11.1. The minimum atomic E-state index is -0.392. The van der Waals surface area contributed by atoms with E-state index in [1.165, 1.54) is 22.3 Å². The maximum atomic E-state index is 12.5. The molecule has 0 saturated carbocycles. The molecule has 0 atom stereocenters. The first kappa shape index (κ1) is 23.7. The number of carbonyl (C=O) groups is 2. The zero-order chi connectivity index (χ0) is 23.1. The van der Waals surface area contributed by atoms with Crippen LogP contribution in [0.5, 0.6) is 11.5 Å². The zero-order valence-corrected chi connectivity index (χ0v) is 19.9. The molecule has 0 radical (unpaired) electrons. The van der Waals surface area contributed by atoms with Crippen LogP contribution >= 0.6 is 23.6 Å². The first-order valence-electron chi connectivity index (χ1n) is 10.3. The normalized spacial score (nSPS) is 12.7. The van der Waals surface area contributed by atoms with E-state index in [4.69, 9.17) is 26.4 Å². The average molecular weight is 475 g/mol. The first-order valence-corrected chi connectivity index (χ1v) is 11.5. The Balaban J connectivity index is 1.68. The number of fused-ring (bicyclic) bond motifs is 1. The molecule has 1 aromatic carbocycles. The Labute approximate surface area is 196 Å². The summed E-state index contributed by atoms with van der Waals surface area (Å²) in [6.45, 7) is 2.07. The summed E-state index contributed by atoms with van der Waals surface area (Å²) < 4.78 is 15.7. The molecule has 1 aliphatic rings. The lowest BCUT2D eigenvalue weighted by Gasteiger charge is -2.12. The third-order valence-corrected chi connectivity index (χ3v) is 6.36. The predicted octanol–water partition coefficient (Wildman–Crippen LogP) is 4.35. The summed E-state index contributed by atoms with van der Waals surface area (Å²) in [4.78, 5) is 26.1. The minimum Gasteiger partial charge on any atom is -0.493 e. The summed E-state index contributed by atoms with van der Waals surface area (Å²) in [5.41, 5.74) is 2.33. The molecule has 1 heterocycles. The molecule has 7 nitrogen and oxygen atoms in total. The number of esters is 1. The largest absolute Gasteiger partial charge is 0.493 e. The van der Waals surface area contributed by atoms with Crippen LogP contribution in [0.15, 0.2) is 24.3 Å². The van der Waals surface area contributed by atoms with Gasteiger partial charge in [0.25, 0.3) is 0 Å². The highest BCUT2D eigenvalue weighted by molar-refractivity contribution is 7.80. The molecule has 2 aromatic rings. The van der Waals surface area contributed by atoms with Crippen LogP contribution in [-0.4, -0.2) is 37.8 Å². The van der Waals surface area contributed by atoms with Crippen molar-refractivity contribution in [2.75, 3.05) is 26.1 Å². The smallest absolute Gasteiger partial charge is 0.341 e. The molecule has 0 aliphatic heterocycles. The van der Waals surface area contributed by atoms with Gasteiger partial charge in [0, 0.05) is 11.0 Å². The van der Waals surface area contributed by atoms with Gasteiger partial charge >= 0.3 is 5.97 Å². The summed E-state index contributed by atoms with van der Waals surface area (Å²) in [5.74, 6) is 0.420. The Bertz CT molecular complexity index is 1050. The standard InChI is InChI=1S/C23H26N2O5S2/c1-4-30-22(27)20-15-7-5-6-8-18(15)32-21(20)25-23(31)24-19(26)12-10-14-9-11-16(28-2)17(13-14)29-3/h9-13H,4-8H2,1-3H3,(H2,24,25,26,31). The van der Waals surface area contributed by atoms with Gasteiger partial charge in [0.1, 0.15) is 5.00 Å². The molecule has 9 heteroatoms. The number of anilines is 1. The lowest BCUT2D eigenvalue weighted by molar-refractivity contribution is -0.115. The van der Waals surface area contributed by atoms with E-state index in [9.17, 15) is 9.59 Å². The van der Waals surface area contributed by atoms with Gasteiger partial charge in [-0.3, -0.25) is 10.1 Å². The molecule has 3 rings (SSSR count). The predicted molar refractivity (Wildman–Crippen MR) is 130 cm³/mol. The van der Waals surface area contributed by atoms with Crippen molar-refractivity contribution in [3.8, 4) is 11.5 Å². The van der Waals surface area contributed by atoms with Gasteiger partial charge in [-0.25, -0.2) is 4.79 Å². The topological polar surface area (TPSA) is 85.9 Å². The van der Waals surface area contributed by atoms with Gasteiger partial charge in [-0.05, 0) is 74.2 Å². The van der Waals surface area contributed by atoms with Crippen LogP contribution in [0.1, 0.15) is 46.1 Å². The average Bonchev–Trinajstić information content (AvgIpc) is 3.15. The van der Waals surface area contributed by atoms with Crippen molar-refractivity contribution >= 4 is 51.6 Å². The fourth-order valence-corrected chi connectivity index (χ4v) is 5.04. The Hall–Kier alpha value is -2.91. The second-order valence-corrected chi connectivity index (χ2v) is 8.54. The molecule has 1 aromatic heterocycles. The number of aryl methyl sites for hydroxylation is 1. The Morgan fingerprint density at radius 3 is 2.62 bits per heavy atom. The van der Waals surface area contributed by atoms with Gasteiger partial charge in [-0.1, -0.05) is 6.07 Å². The molecule has 0 unspecified atom stereocenters. The molecule has 170 valence electrons. The highest BCUT2D eigenvalue weighted by Crippen LogP contribution is 2.38. The summed E-state index contributed by atoms with van der Waals surface area (Å²) in [6, 6.07) is 5.34. The number of nitrogens with one attached hydrogen (secondary N) is 2. The van der Waals surface area contributed by atoms with E-state index in [1.54, 1.807) is 39.4 Å². The minimum absolute atomic E-state index is 0.121.